The van der Waals surface area contributed by atoms with E-state index in [2.05, 4.69) is 53.8 Å². The van der Waals surface area contributed by atoms with E-state index in [9.17, 15) is 10.1 Å². The van der Waals surface area contributed by atoms with Crippen LogP contribution in [0.3, 0.4) is 0 Å². The van der Waals surface area contributed by atoms with Gasteiger partial charge >= 0.3 is 6.01 Å². The largest absolute Gasteiger partial charge is 0.466 e. The summed E-state index contributed by atoms with van der Waals surface area (Å²) in [6.07, 6.45) is 7.41. The zero-order valence-corrected chi connectivity index (χ0v) is 22.6. The number of carbonyl (C=O) groups is 1. The van der Waals surface area contributed by atoms with Crippen molar-refractivity contribution in [3.63, 3.8) is 0 Å². The highest BCUT2D eigenvalue weighted by molar-refractivity contribution is 5.87. The Labute approximate surface area is 230 Å². The average Bonchev–Trinajstić information content (AvgIpc) is 3.54. The number of likely N-dealkylation sites (tertiary alicyclic amines) is 1. The summed E-state index contributed by atoms with van der Waals surface area (Å²) in [6, 6.07) is 11.2. The molecule has 2 saturated heterocycles. The molecule has 0 saturated carbocycles. The number of rotatable bonds is 6. The number of fused-ring (bicyclic) bond motifs is 3. The molecule has 0 radical (unpaired) electrons. The number of hydrogen-bond donors (Lipinski definition) is 0. The van der Waals surface area contributed by atoms with Crippen LogP contribution in [0.5, 0.6) is 11.9 Å². The fourth-order valence-corrected chi connectivity index (χ4v) is 6.74. The van der Waals surface area contributed by atoms with Crippen LogP contribution in [0.4, 0.5) is 5.82 Å². The summed E-state index contributed by atoms with van der Waals surface area (Å²) in [4.78, 5) is 28.5. The first-order valence-corrected chi connectivity index (χ1v) is 14.1. The van der Waals surface area contributed by atoms with E-state index in [0.29, 0.717) is 44.2 Å². The Hall–Kier alpha value is -3.64. The van der Waals surface area contributed by atoms with Crippen LogP contribution in [-0.2, 0) is 23.2 Å². The van der Waals surface area contributed by atoms with Crippen LogP contribution in [-0.4, -0.2) is 77.6 Å². The third-order valence-corrected chi connectivity index (χ3v) is 8.95. The second-order valence-corrected chi connectivity index (χ2v) is 11.2. The number of piperazine rings is 1. The Balaban J connectivity index is 1.33. The van der Waals surface area contributed by atoms with Crippen LogP contribution in [0.15, 0.2) is 36.9 Å². The quantitative estimate of drug-likeness (QED) is 0.528. The molecule has 1 aliphatic carbocycles. The lowest BCUT2D eigenvalue weighted by Crippen LogP contribution is -2.55. The maximum Gasteiger partial charge on any atom is 0.321 e. The lowest BCUT2D eigenvalue weighted by molar-refractivity contribution is -0.128. The minimum absolute atomic E-state index is 0.144. The number of carbonyl (C=O) groups excluding carboxylic acids is 1. The second-order valence-electron chi connectivity index (χ2n) is 11.2. The monoisotopic (exact) mass is 528 g/mol. The number of aromatic nitrogens is 2. The summed E-state index contributed by atoms with van der Waals surface area (Å²) in [5.41, 5.74) is 3.21. The topological polar surface area (TPSA) is 94.8 Å². The Morgan fingerprint density at radius 2 is 2.08 bits per heavy atom. The van der Waals surface area contributed by atoms with Gasteiger partial charge in [-0.1, -0.05) is 30.8 Å². The molecule has 9 heteroatoms. The van der Waals surface area contributed by atoms with E-state index in [1.165, 1.54) is 23.6 Å². The predicted molar refractivity (Wildman–Crippen MR) is 147 cm³/mol. The first kappa shape index (κ1) is 25.6. The molecule has 0 bridgehead atoms. The van der Waals surface area contributed by atoms with Gasteiger partial charge in [-0.3, -0.25) is 4.79 Å². The number of ether oxygens (including phenoxy) is 2. The van der Waals surface area contributed by atoms with Gasteiger partial charge < -0.3 is 24.2 Å². The molecule has 1 spiro atoms. The summed E-state index contributed by atoms with van der Waals surface area (Å²) < 4.78 is 13.1. The zero-order chi connectivity index (χ0) is 27.0. The molecule has 0 N–H and O–H groups in total. The normalized spacial score (nSPS) is 26.1. The van der Waals surface area contributed by atoms with Crippen molar-refractivity contribution in [3.05, 3.63) is 53.6 Å². The van der Waals surface area contributed by atoms with Crippen LogP contribution in [0.25, 0.3) is 0 Å². The Morgan fingerprint density at radius 3 is 2.87 bits per heavy atom. The van der Waals surface area contributed by atoms with E-state index in [0.717, 1.165) is 50.0 Å². The summed E-state index contributed by atoms with van der Waals surface area (Å²) in [5, 5.41) is 9.48. The maximum absolute atomic E-state index is 12.5. The van der Waals surface area contributed by atoms with Crippen molar-refractivity contribution < 1.29 is 14.3 Å². The van der Waals surface area contributed by atoms with Crippen LogP contribution in [0.2, 0.25) is 0 Å². The third-order valence-electron chi connectivity index (χ3n) is 8.95. The SMILES string of the molecule is C=CC(=O)N1CCN(c2nc(OC[C@@H]3CCCN3C)nc3c2CCC2(CCc4ccccc42)O3)C[C@@H]1CC#N. The number of benzene rings is 1. The molecule has 1 aromatic carbocycles. The maximum atomic E-state index is 12.5. The summed E-state index contributed by atoms with van der Waals surface area (Å²) in [5.74, 6) is 1.25. The van der Waals surface area contributed by atoms with Gasteiger partial charge in [0.25, 0.3) is 0 Å². The van der Waals surface area contributed by atoms with Gasteiger partial charge in [-0.25, -0.2) is 0 Å². The molecular weight excluding hydrogens is 492 g/mol. The van der Waals surface area contributed by atoms with Gasteiger partial charge in [0.2, 0.25) is 11.8 Å². The molecular formula is C30H36N6O3. The number of nitriles is 1. The summed E-state index contributed by atoms with van der Waals surface area (Å²) in [7, 11) is 2.13. The molecule has 3 aliphatic heterocycles. The van der Waals surface area contributed by atoms with E-state index in [1.807, 2.05) is 0 Å². The predicted octanol–water partition coefficient (Wildman–Crippen LogP) is 3.23. The van der Waals surface area contributed by atoms with E-state index in [4.69, 9.17) is 19.4 Å². The van der Waals surface area contributed by atoms with Crippen molar-refractivity contribution in [2.75, 3.05) is 44.7 Å². The van der Waals surface area contributed by atoms with E-state index < -0.39 is 0 Å². The molecule has 4 heterocycles. The lowest BCUT2D eigenvalue weighted by Gasteiger charge is -2.42. The summed E-state index contributed by atoms with van der Waals surface area (Å²) in [6.45, 7) is 6.85. The van der Waals surface area contributed by atoms with Crippen molar-refractivity contribution in [1.29, 1.82) is 5.26 Å². The lowest BCUT2D eigenvalue weighted by atomic mass is 9.87. The summed E-state index contributed by atoms with van der Waals surface area (Å²) >= 11 is 0. The van der Waals surface area contributed by atoms with Crippen LogP contribution < -0.4 is 14.4 Å². The van der Waals surface area contributed by atoms with Gasteiger partial charge in [0.1, 0.15) is 18.0 Å². The standard InChI is InChI=1S/C30H36N6O3/c1-3-26(37)36-18-17-35(19-22(36)12-15-31)27-24-11-14-30(13-10-21-7-4-5-9-25(21)30)39-28(24)33-29(32-27)38-20-23-8-6-16-34(23)2/h3-5,7,9,22-23H,1,6,8,10-14,16-20H2,2H3/t22-,23-,30?/m0/s1. The van der Waals surface area contributed by atoms with Crippen LogP contribution >= 0.6 is 0 Å². The molecule has 204 valence electrons. The highest BCUT2D eigenvalue weighted by Crippen LogP contribution is 2.49. The van der Waals surface area contributed by atoms with Gasteiger partial charge in [0, 0.05) is 25.7 Å². The van der Waals surface area contributed by atoms with Crippen LogP contribution in [0.1, 0.15) is 48.8 Å². The molecule has 1 aromatic heterocycles. The van der Waals surface area contributed by atoms with E-state index in [-0.39, 0.29) is 24.0 Å². The average molecular weight is 529 g/mol. The number of hydrogen-bond acceptors (Lipinski definition) is 8. The molecule has 4 aliphatic rings. The van der Waals surface area contributed by atoms with E-state index >= 15 is 0 Å². The number of likely N-dealkylation sites (N-methyl/N-ethyl adjacent to an activating group) is 1. The van der Waals surface area contributed by atoms with Gasteiger partial charge in [-0.15, -0.1) is 0 Å². The molecule has 1 amide bonds. The molecule has 6 rings (SSSR count). The van der Waals surface area contributed by atoms with Crippen molar-refractivity contribution in [3.8, 4) is 18.0 Å². The molecule has 3 atom stereocenters. The molecule has 1 unspecified atom stereocenters. The molecule has 2 fully saturated rings. The number of amides is 1. The fraction of sp³-hybridized carbons (Fsp3) is 0.533. The van der Waals surface area contributed by atoms with Gasteiger partial charge in [0.15, 0.2) is 0 Å². The minimum atomic E-state index is -0.378. The number of aryl methyl sites for hydroxylation is 1. The second kappa shape index (κ2) is 10.5. The Bertz CT molecular complexity index is 1310. The van der Waals surface area contributed by atoms with Crippen molar-refractivity contribution in [2.45, 2.75) is 62.6 Å². The van der Waals surface area contributed by atoms with Crippen molar-refractivity contribution >= 4 is 11.7 Å². The van der Waals surface area contributed by atoms with Crippen molar-refractivity contribution in [2.24, 2.45) is 0 Å². The first-order chi connectivity index (χ1) is 19.0. The fourth-order valence-electron chi connectivity index (χ4n) is 6.74. The molecule has 2 aromatic rings. The van der Waals surface area contributed by atoms with Crippen molar-refractivity contribution in [1.82, 2.24) is 19.8 Å². The van der Waals surface area contributed by atoms with Gasteiger partial charge in [-0.05, 0) is 69.3 Å². The van der Waals surface area contributed by atoms with E-state index in [1.54, 1.807) is 4.90 Å². The number of nitrogens with zero attached hydrogens (tertiary/aromatic N) is 6. The van der Waals surface area contributed by atoms with Crippen LogP contribution in [0, 0.1) is 11.3 Å². The minimum Gasteiger partial charge on any atom is -0.466 e. The first-order valence-electron chi connectivity index (χ1n) is 14.1. The number of anilines is 1. The zero-order valence-electron chi connectivity index (χ0n) is 22.6. The highest BCUT2D eigenvalue weighted by atomic mass is 16.5. The molecule has 9 nitrogen and oxygen atoms in total. The Morgan fingerprint density at radius 1 is 1.23 bits per heavy atom. The smallest absolute Gasteiger partial charge is 0.321 e. The van der Waals surface area contributed by atoms with Gasteiger partial charge in [-0.2, -0.15) is 15.2 Å². The highest BCUT2D eigenvalue weighted by Gasteiger charge is 2.45. The molecule has 39 heavy (non-hydrogen) atoms. The third kappa shape index (κ3) is 4.71. The van der Waals surface area contributed by atoms with Gasteiger partial charge in [0.05, 0.1) is 24.1 Å². The Kier molecular flexibility index (Phi) is 6.90.